The summed E-state index contributed by atoms with van der Waals surface area (Å²) in [6.07, 6.45) is 0. The van der Waals surface area contributed by atoms with Gasteiger partial charge < -0.3 is 20.8 Å². The predicted molar refractivity (Wildman–Crippen MR) is 67.6 cm³/mol. The first-order chi connectivity index (χ1) is 6.37. The second kappa shape index (κ2) is 11.6. The van der Waals surface area contributed by atoms with Crippen molar-refractivity contribution in [1.29, 1.82) is 0 Å². The largest absolute Gasteiger partial charge is 3.00 e. The molecule has 0 radical (unpaired) electrons. The van der Waals surface area contributed by atoms with Crippen molar-refractivity contribution >= 4 is 0 Å². The Morgan fingerprint density at radius 1 is 0.867 bits per heavy atom. The molecule has 0 spiro atoms. The molecule has 1 aliphatic carbocycles. The number of hydrogen-bond donors (Lipinski definition) is 0. The topological polar surface area (TPSA) is 0 Å². The normalized spacial score (nSPS) is 27.0. The molecule has 15 heavy (non-hydrogen) atoms. The van der Waals surface area contributed by atoms with Crippen molar-refractivity contribution in [2.75, 3.05) is 0 Å². The summed E-state index contributed by atoms with van der Waals surface area (Å²) in [5.74, 6) is 3.49. The predicted octanol–water partition coefficient (Wildman–Crippen LogP) is 4.67. The van der Waals surface area contributed by atoms with Gasteiger partial charge in [-0.3, -0.25) is 0 Å². The Hall–Kier alpha value is 1.10. The fraction of sp³-hybridized carbons (Fsp3) is 0.786. The van der Waals surface area contributed by atoms with E-state index in [4.69, 9.17) is 0 Å². The summed E-state index contributed by atoms with van der Waals surface area (Å²) in [4.78, 5) is 0. The molecular weight excluding hydrogens is 257 g/mol. The summed E-state index contributed by atoms with van der Waals surface area (Å²) in [6.45, 7) is 24.2. The minimum atomic E-state index is 0. The SMILES string of the molecule is CC.[CH2-]C(C)C.[CH2-]C1C(C(C)C)[C@H]1[CH2-].[Y+3]. The van der Waals surface area contributed by atoms with Gasteiger partial charge in [0.25, 0.3) is 0 Å². The summed E-state index contributed by atoms with van der Waals surface area (Å²) in [5, 5.41) is 0. The van der Waals surface area contributed by atoms with Gasteiger partial charge in [0.15, 0.2) is 0 Å². The maximum absolute atomic E-state index is 3.97. The molecule has 1 heteroatoms. The molecule has 0 amide bonds. The summed E-state index contributed by atoms with van der Waals surface area (Å²) >= 11 is 0. The molecular formula is C14H29Y. The minimum Gasteiger partial charge on any atom is -0.342 e. The molecule has 2 unspecified atom stereocenters. The van der Waals surface area contributed by atoms with Crippen molar-refractivity contribution in [3.63, 3.8) is 0 Å². The van der Waals surface area contributed by atoms with E-state index < -0.39 is 0 Å². The Morgan fingerprint density at radius 3 is 1.07 bits per heavy atom. The molecule has 0 nitrogen and oxygen atoms in total. The van der Waals surface area contributed by atoms with E-state index in [1.165, 1.54) is 0 Å². The van der Waals surface area contributed by atoms with Crippen LogP contribution in [0, 0.1) is 50.4 Å². The molecule has 1 aliphatic rings. The Bertz CT molecular complexity index is 101. The average molecular weight is 286 g/mol. The minimum absolute atomic E-state index is 0. The van der Waals surface area contributed by atoms with Crippen LogP contribution in [-0.4, -0.2) is 0 Å². The van der Waals surface area contributed by atoms with Crippen LogP contribution in [0.4, 0.5) is 0 Å². The molecule has 0 aromatic rings. The third kappa shape index (κ3) is 11.4. The Kier molecular flexibility index (Phi) is 16.5. The molecule has 0 aliphatic heterocycles. The Balaban J connectivity index is -0.000000179. The molecule has 1 saturated carbocycles. The third-order valence-corrected chi connectivity index (χ3v) is 2.17. The van der Waals surface area contributed by atoms with Crippen molar-refractivity contribution in [1.82, 2.24) is 0 Å². The fourth-order valence-corrected chi connectivity index (χ4v) is 1.46. The van der Waals surface area contributed by atoms with Gasteiger partial charge >= 0.3 is 32.7 Å². The zero-order valence-corrected chi connectivity index (χ0v) is 14.4. The van der Waals surface area contributed by atoms with Crippen LogP contribution >= 0.6 is 0 Å². The van der Waals surface area contributed by atoms with E-state index in [1.54, 1.807) is 0 Å². The van der Waals surface area contributed by atoms with Gasteiger partial charge in [0.05, 0.1) is 0 Å². The van der Waals surface area contributed by atoms with Gasteiger partial charge in [-0.25, -0.2) is 0 Å². The van der Waals surface area contributed by atoms with Gasteiger partial charge in [0, 0.05) is 0 Å². The van der Waals surface area contributed by atoms with Gasteiger partial charge in [-0.15, -0.1) is 0 Å². The molecule has 88 valence electrons. The summed E-state index contributed by atoms with van der Waals surface area (Å²) < 4.78 is 0. The molecule has 0 saturated heterocycles. The van der Waals surface area contributed by atoms with Gasteiger partial charge in [-0.2, -0.15) is 17.8 Å². The van der Waals surface area contributed by atoms with Crippen LogP contribution in [0.2, 0.25) is 0 Å². The van der Waals surface area contributed by atoms with Crippen LogP contribution in [0.5, 0.6) is 0 Å². The molecule has 0 aromatic heterocycles. The summed E-state index contributed by atoms with van der Waals surface area (Å²) in [6, 6.07) is 0. The van der Waals surface area contributed by atoms with Crippen molar-refractivity contribution in [2.45, 2.75) is 41.5 Å². The van der Waals surface area contributed by atoms with E-state index in [0.717, 1.165) is 11.8 Å². The number of rotatable bonds is 1. The summed E-state index contributed by atoms with van der Waals surface area (Å²) in [7, 11) is 0. The standard InChI is InChI=1S/C8H14.C4H9.C2H6.Y/c1-5(2)8-6(3)7(8)4;1-4(2)3;1-2;/h5-8H,3-4H2,1-2H3;4H,1H2,2-3H3;1-2H3;/q-2;-1;;+3/t6-,7?,8?;;;/m0.../s1. The van der Waals surface area contributed by atoms with Crippen LogP contribution in [0.3, 0.4) is 0 Å². The maximum Gasteiger partial charge on any atom is 3.00 e. The maximum atomic E-state index is 3.97. The fourth-order valence-electron chi connectivity index (χ4n) is 1.46. The Labute approximate surface area is 124 Å². The van der Waals surface area contributed by atoms with Crippen LogP contribution < -0.4 is 0 Å². The zero-order valence-electron chi connectivity index (χ0n) is 11.6. The molecule has 0 heterocycles. The van der Waals surface area contributed by atoms with Crippen molar-refractivity contribution in [2.24, 2.45) is 29.6 Å². The van der Waals surface area contributed by atoms with E-state index in [9.17, 15) is 0 Å². The molecule has 0 N–H and O–H groups in total. The van der Waals surface area contributed by atoms with E-state index in [2.05, 4.69) is 48.5 Å². The van der Waals surface area contributed by atoms with Crippen LogP contribution in [0.25, 0.3) is 0 Å². The van der Waals surface area contributed by atoms with Crippen molar-refractivity contribution in [3.05, 3.63) is 20.8 Å². The quantitative estimate of drug-likeness (QED) is 0.614. The van der Waals surface area contributed by atoms with Gasteiger partial charge in [-0.1, -0.05) is 47.5 Å². The van der Waals surface area contributed by atoms with E-state index in [0.29, 0.717) is 17.8 Å². The Morgan fingerprint density at radius 2 is 1.07 bits per heavy atom. The number of hydrogen-bond acceptors (Lipinski definition) is 0. The molecule has 1 fully saturated rings. The third-order valence-electron chi connectivity index (χ3n) is 2.17. The zero-order chi connectivity index (χ0) is 11.9. The van der Waals surface area contributed by atoms with Crippen molar-refractivity contribution in [3.8, 4) is 0 Å². The smallest absolute Gasteiger partial charge is 0.342 e. The second-order valence-electron chi connectivity index (χ2n) is 4.54. The van der Waals surface area contributed by atoms with E-state index in [1.807, 2.05) is 13.8 Å². The average Bonchev–Trinajstić information content (AvgIpc) is 2.62. The monoisotopic (exact) mass is 286 g/mol. The van der Waals surface area contributed by atoms with Gasteiger partial charge in [-0.05, 0) is 5.92 Å². The summed E-state index contributed by atoms with van der Waals surface area (Å²) in [5.41, 5.74) is 0. The van der Waals surface area contributed by atoms with Crippen LogP contribution in [0.15, 0.2) is 0 Å². The van der Waals surface area contributed by atoms with Crippen molar-refractivity contribution < 1.29 is 32.7 Å². The first-order valence-corrected chi connectivity index (χ1v) is 5.87. The molecule has 1 rings (SSSR count). The second-order valence-corrected chi connectivity index (χ2v) is 4.54. The van der Waals surface area contributed by atoms with E-state index in [-0.39, 0.29) is 32.7 Å². The molecule has 0 bridgehead atoms. The van der Waals surface area contributed by atoms with Gasteiger partial charge in [0.1, 0.15) is 0 Å². The first-order valence-electron chi connectivity index (χ1n) is 5.87. The van der Waals surface area contributed by atoms with Crippen LogP contribution in [0.1, 0.15) is 41.5 Å². The molecule has 3 atom stereocenters. The first kappa shape index (κ1) is 21.4. The molecule has 0 aromatic carbocycles. The van der Waals surface area contributed by atoms with Gasteiger partial charge in [0.2, 0.25) is 0 Å². The van der Waals surface area contributed by atoms with Crippen LogP contribution in [-0.2, 0) is 32.7 Å². The van der Waals surface area contributed by atoms with E-state index >= 15 is 0 Å².